The van der Waals surface area contributed by atoms with Crippen LogP contribution in [0, 0.1) is 19.7 Å². The molecular formula is C33H41FN4O4S. The molecule has 0 aromatic heterocycles. The van der Waals surface area contributed by atoms with Gasteiger partial charge in [-0.25, -0.2) is 8.70 Å². The Balaban J connectivity index is 1.79. The maximum atomic E-state index is 15.0. The monoisotopic (exact) mass is 608 g/mol. The molecule has 1 aliphatic carbocycles. The van der Waals surface area contributed by atoms with Crippen LogP contribution in [0.3, 0.4) is 0 Å². The number of carbonyl (C=O) groups is 2. The van der Waals surface area contributed by atoms with Gasteiger partial charge >= 0.3 is 10.2 Å². The lowest BCUT2D eigenvalue weighted by molar-refractivity contribution is -0.140. The highest BCUT2D eigenvalue weighted by Crippen LogP contribution is 2.27. The summed E-state index contributed by atoms with van der Waals surface area (Å²) in [6.07, 6.45) is 3.92. The summed E-state index contributed by atoms with van der Waals surface area (Å²) >= 11 is 0. The van der Waals surface area contributed by atoms with E-state index in [1.165, 1.54) is 25.1 Å². The molecule has 0 spiro atoms. The summed E-state index contributed by atoms with van der Waals surface area (Å²) in [6, 6.07) is 19.8. The average Bonchev–Trinajstić information content (AvgIpc) is 3.49. The van der Waals surface area contributed by atoms with Gasteiger partial charge in [0.2, 0.25) is 11.8 Å². The van der Waals surface area contributed by atoms with Crippen molar-refractivity contribution in [1.82, 2.24) is 14.5 Å². The zero-order chi connectivity index (χ0) is 31.1. The second-order valence-corrected chi connectivity index (χ2v) is 13.5. The number of aryl methyl sites for hydroxylation is 2. The number of rotatable bonds is 12. The molecule has 0 aliphatic heterocycles. The SMILES string of the molecule is Cc1ccc(C)c(N(CC(=O)N(Cc2ccccc2F)[C@H](Cc2ccccc2)C(=O)NC2CCCC2)S(=O)(=O)N(C)C)c1. The lowest BCUT2D eigenvalue weighted by Crippen LogP contribution is -2.55. The van der Waals surface area contributed by atoms with Crippen molar-refractivity contribution >= 4 is 27.7 Å². The van der Waals surface area contributed by atoms with Gasteiger partial charge in [-0.1, -0.05) is 73.5 Å². The summed E-state index contributed by atoms with van der Waals surface area (Å²) in [4.78, 5) is 29.7. The van der Waals surface area contributed by atoms with E-state index in [0.717, 1.165) is 45.4 Å². The van der Waals surface area contributed by atoms with Gasteiger partial charge in [0.25, 0.3) is 0 Å². The van der Waals surface area contributed by atoms with Gasteiger partial charge in [0.15, 0.2) is 0 Å². The number of amides is 2. The smallest absolute Gasteiger partial charge is 0.304 e. The third-order valence-electron chi connectivity index (χ3n) is 7.92. The summed E-state index contributed by atoms with van der Waals surface area (Å²) in [5, 5.41) is 3.12. The molecule has 230 valence electrons. The Bertz CT molecular complexity index is 1520. The largest absolute Gasteiger partial charge is 0.352 e. The van der Waals surface area contributed by atoms with Gasteiger partial charge < -0.3 is 10.2 Å². The molecule has 4 rings (SSSR count). The molecule has 0 saturated heterocycles. The molecule has 1 fully saturated rings. The third kappa shape index (κ3) is 8.00. The van der Waals surface area contributed by atoms with E-state index in [0.29, 0.717) is 11.3 Å². The van der Waals surface area contributed by atoms with Crippen molar-refractivity contribution in [3.05, 3.63) is 101 Å². The van der Waals surface area contributed by atoms with Gasteiger partial charge in [-0.15, -0.1) is 0 Å². The van der Waals surface area contributed by atoms with E-state index in [9.17, 15) is 18.0 Å². The number of halogens is 1. The molecule has 0 unspecified atom stereocenters. The molecule has 0 radical (unpaired) electrons. The first kappa shape index (κ1) is 32.2. The number of carbonyl (C=O) groups excluding carboxylic acids is 2. The molecule has 2 amide bonds. The molecule has 8 nitrogen and oxygen atoms in total. The topological polar surface area (TPSA) is 90.0 Å². The molecule has 3 aromatic rings. The number of nitrogens with one attached hydrogen (secondary N) is 1. The molecule has 1 N–H and O–H groups in total. The fourth-order valence-corrected chi connectivity index (χ4v) is 6.53. The number of hydrogen-bond donors (Lipinski definition) is 1. The first-order chi connectivity index (χ1) is 20.5. The minimum atomic E-state index is -4.12. The fraction of sp³-hybridized carbons (Fsp3) is 0.394. The lowest BCUT2D eigenvalue weighted by Gasteiger charge is -2.35. The molecule has 1 atom stereocenters. The highest BCUT2D eigenvalue weighted by atomic mass is 32.2. The molecule has 0 bridgehead atoms. The minimum Gasteiger partial charge on any atom is -0.352 e. The maximum Gasteiger partial charge on any atom is 0.304 e. The van der Waals surface area contributed by atoms with E-state index in [2.05, 4.69) is 5.32 Å². The van der Waals surface area contributed by atoms with Gasteiger partial charge in [0.1, 0.15) is 18.4 Å². The summed E-state index contributed by atoms with van der Waals surface area (Å²) in [7, 11) is -1.31. The Morgan fingerprint density at radius 3 is 2.26 bits per heavy atom. The predicted molar refractivity (Wildman–Crippen MR) is 167 cm³/mol. The Morgan fingerprint density at radius 2 is 1.60 bits per heavy atom. The van der Waals surface area contributed by atoms with Crippen LogP contribution in [-0.2, 0) is 32.8 Å². The Hall–Kier alpha value is -3.76. The molecule has 1 aliphatic rings. The Kier molecular flexibility index (Phi) is 10.6. The molecule has 1 saturated carbocycles. The van der Waals surface area contributed by atoms with Crippen LogP contribution in [0.1, 0.15) is 47.9 Å². The van der Waals surface area contributed by atoms with Crippen LogP contribution in [0.2, 0.25) is 0 Å². The third-order valence-corrected chi connectivity index (χ3v) is 9.73. The van der Waals surface area contributed by atoms with E-state index < -0.39 is 34.5 Å². The van der Waals surface area contributed by atoms with Crippen LogP contribution in [-0.4, -0.2) is 62.2 Å². The highest BCUT2D eigenvalue weighted by Gasteiger charge is 2.36. The Morgan fingerprint density at radius 1 is 0.953 bits per heavy atom. The summed E-state index contributed by atoms with van der Waals surface area (Å²) < 4.78 is 44.4. The first-order valence-electron chi connectivity index (χ1n) is 14.6. The van der Waals surface area contributed by atoms with Crippen molar-refractivity contribution in [2.24, 2.45) is 0 Å². The van der Waals surface area contributed by atoms with Gasteiger partial charge in [0, 0.05) is 38.7 Å². The van der Waals surface area contributed by atoms with E-state index in [-0.39, 0.29) is 30.5 Å². The lowest BCUT2D eigenvalue weighted by atomic mass is 10.0. The first-order valence-corrected chi connectivity index (χ1v) is 16.0. The van der Waals surface area contributed by atoms with Crippen molar-refractivity contribution in [2.75, 3.05) is 24.9 Å². The minimum absolute atomic E-state index is 0.00301. The average molecular weight is 609 g/mol. The van der Waals surface area contributed by atoms with Crippen molar-refractivity contribution in [1.29, 1.82) is 0 Å². The van der Waals surface area contributed by atoms with Crippen LogP contribution < -0.4 is 9.62 Å². The van der Waals surface area contributed by atoms with Crippen LogP contribution in [0.5, 0.6) is 0 Å². The molecule has 43 heavy (non-hydrogen) atoms. The van der Waals surface area contributed by atoms with E-state index in [1.807, 2.05) is 43.3 Å². The van der Waals surface area contributed by atoms with E-state index >= 15 is 4.39 Å². The summed E-state index contributed by atoms with van der Waals surface area (Å²) in [5.41, 5.74) is 2.92. The standard InChI is InChI=1S/C33H41FN4O4S/c1-24-18-19-25(2)30(20-24)38(43(41,42)36(3)4)23-32(39)37(22-27-14-8-11-17-29(27)34)31(21-26-12-6-5-7-13-26)33(40)35-28-15-9-10-16-28/h5-8,11-14,17-20,28,31H,9-10,15-16,21-23H2,1-4H3,(H,35,40)/t31-/m1/s1. The zero-order valence-corrected chi connectivity index (χ0v) is 26.1. The second-order valence-electron chi connectivity index (χ2n) is 11.4. The normalized spacial score (nSPS) is 14.5. The number of anilines is 1. The van der Waals surface area contributed by atoms with Crippen molar-refractivity contribution in [3.63, 3.8) is 0 Å². The van der Waals surface area contributed by atoms with Crippen LogP contribution in [0.4, 0.5) is 10.1 Å². The predicted octanol–water partition coefficient (Wildman–Crippen LogP) is 4.75. The van der Waals surface area contributed by atoms with Crippen molar-refractivity contribution < 1.29 is 22.4 Å². The maximum absolute atomic E-state index is 15.0. The molecule has 0 heterocycles. The number of benzene rings is 3. The zero-order valence-electron chi connectivity index (χ0n) is 25.3. The van der Waals surface area contributed by atoms with E-state index in [4.69, 9.17) is 0 Å². The van der Waals surface area contributed by atoms with Crippen LogP contribution in [0.15, 0.2) is 72.8 Å². The second kappa shape index (κ2) is 14.1. The molecular weight excluding hydrogens is 567 g/mol. The quantitative estimate of drug-likeness (QED) is 0.321. The number of nitrogens with zero attached hydrogens (tertiary/aromatic N) is 3. The van der Waals surface area contributed by atoms with Gasteiger partial charge in [-0.2, -0.15) is 12.7 Å². The molecule has 3 aromatic carbocycles. The molecule has 10 heteroatoms. The van der Waals surface area contributed by atoms with Crippen LogP contribution in [0.25, 0.3) is 0 Å². The van der Waals surface area contributed by atoms with Crippen molar-refractivity contribution in [3.8, 4) is 0 Å². The van der Waals surface area contributed by atoms with Gasteiger partial charge in [-0.3, -0.25) is 9.59 Å². The van der Waals surface area contributed by atoms with Crippen LogP contribution >= 0.6 is 0 Å². The van der Waals surface area contributed by atoms with Gasteiger partial charge in [-0.05, 0) is 55.5 Å². The number of hydrogen-bond acceptors (Lipinski definition) is 4. The summed E-state index contributed by atoms with van der Waals surface area (Å²) in [5.74, 6) is -1.46. The highest BCUT2D eigenvalue weighted by molar-refractivity contribution is 7.90. The summed E-state index contributed by atoms with van der Waals surface area (Å²) in [6.45, 7) is 2.85. The fourth-order valence-electron chi connectivity index (χ4n) is 5.42. The van der Waals surface area contributed by atoms with E-state index in [1.54, 1.807) is 37.3 Å². The van der Waals surface area contributed by atoms with Gasteiger partial charge in [0.05, 0.1) is 5.69 Å². The Labute approximate surface area is 254 Å². The van der Waals surface area contributed by atoms with Crippen molar-refractivity contribution in [2.45, 2.75) is 64.6 Å².